The van der Waals surface area contributed by atoms with Crippen LogP contribution in [0, 0.1) is 34.6 Å². The molecule has 0 atom stereocenters. The van der Waals surface area contributed by atoms with E-state index in [0.29, 0.717) is 0 Å². The molecule has 0 saturated heterocycles. The molecule has 63 heavy (non-hydrogen) atoms. The minimum atomic E-state index is -0.826. The van der Waals surface area contributed by atoms with Crippen LogP contribution in [-0.4, -0.2) is 0 Å². The van der Waals surface area contributed by atoms with Crippen molar-refractivity contribution in [3.8, 4) is 66.8 Å². The van der Waals surface area contributed by atoms with E-state index in [0.717, 1.165) is 0 Å². The van der Waals surface area contributed by atoms with Crippen LogP contribution in [0.25, 0.3) is 88.3 Å². The normalized spacial score (nSPS) is 10.5. The van der Waals surface area contributed by atoms with Gasteiger partial charge in [0.15, 0.2) is 0 Å². The van der Waals surface area contributed by atoms with Gasteiger partial charge < -0.3 is 6.92 Å². The van der Waals surface area contributed by atoms with E-state index >= 15 is 0 Å². The Morgan fingerprint density at radius 2 is 0.587 bits per heavy atom. The van der Waals surface area contributed by atoms with Gasteiger partial charge in [0.05, 0.1) is 0 Å². The summed E-state index contributed by atoms with van der Waals surface area (Å²) in [7, 11) is 9.87. The van der Waals surface area contributed by atoms with E-state index in [2.05, 4.69) is 241 Å². The molecule has 0 N–H and O–H groups in total. The molecular formula is C60H51Cl2Zr-3. The van der Waals surface area contributed by atoms with Gasteiger partial charge in [-0.3, -0.25) is 0 Å². The molecule has 10 aromatic carbocycles. The Hall–Kier alpha value is -5.56. The van der Waals surface area contributed by atoms with Crippen LogP contribution in [0.2, 0.25) is 0 Å². The summed E-state index contributed by atoms with van der Waals surface area (Å²) in [6.45, 7) is 13.8. The first-order valence-electron chi connectivity index (χ1n) is 21.3. The molecule has 0 bridgehead atoms. The Labute approximate surface area is 393 Å². The Morgan fingerprint density at radius 3 is 0.857 bits per heavy atom. The molecule has 0 aliphatic carbocycles. The fourth-order valence-electron chi connectivity index (χ4n) is 8.44. The SMILES string of the molecule is Cc1cc2c(-c3cc(-c4ccccc4)cc(-c4ccccc4)c3)ccc(C)c2[cH-]1.Cc1cc2c(-c3cc(-c4ccccc4)cc(-c4ccccc4)c3)ccc(C)c2[cH-]1.[CH2-]C.[Cl][Zr][Cl]. The van der Waals surface area contributed by atoms with Crippen LogP contribution in [0.5, 0.6) is 0 Å². The third kappa shape index (κ3) is 10.8. The first-order chi connectivity index (χ1) is 30.8. The van der Waals surface area contributed by atoms with E-state index in [9.17, 15) is 0 Å². The minimum absolute atomic E-state index is 0.826. The molecule has 0 aliphatic rings. The molecule has 10 rings (SSSR count). The maximum absolute atomic E-state index is 4.93. The Bertz CT molecular complexity index is 2710. The third-order valence-electron chi connectivity index (χ3n) is 11.4. The molecule has 0 aliphatic heterocycles. The molecule has 312 valence electrons. The standard InChI is InChI=1S/2C29H23.C2H5.2ClH.Zr/c2*1-20-15-28-21(2)13-14-27(29(28)16-20)26-18-24(22-9-5-3-6-10-22)17-25(19-26)23-11-7-4-8-12-23;1-2;;;/h2*3-19H,1-2H3;1H2,2H3;2*1H;/q3*-1;;;+2/p-2. The second-order valence-electron chi connectivity index (χ2n) is 15.7. The van der Waals surface area contributed by atoms with Gasteiger partial charge in [-0.25, -0.2) is 0 Å². The molecule has 0 spiro atoms. The number of rotatable bonds is 6. The van der Waals surface area contributed by atoms with Crippen molar-refractivity contribution in [2.24, 2.45) is 0 Å². The van der Waals surface area contributed by atoms with E-state index in [1.807, 2.05) is 0 Å². The topological polar surface area (TPSA) is 0 Å². The number of fused-ring (bicyclic) bond motifs is 2. The molecule has 0 amide bonds. The number of aryl methyl sites for hydroxylation is 4. The summed E-state index contributed by atoms with van der Waals surface area (Å²) >= 11 is -0.826. The van der Waals surface area contributed by atoms with Gasteiger partial charge >= 0.3 is 37.9 Å². The van der Waals surface area contributed by atoms with Crippen LogP contribution >= 0.6 is 17.0 Å². The zero-order chi connectivity index (χ0) is 44.3. The van der Waals surface area contributed by atoms with E-state index < -0.39 is 20.8 Å². The van der Waals surface area contributed by atoms with Crippen LogP contribution in [0.15, 0.2) is 206 Å². The molecule has 0 aromatic heterocycles. The van der Waals surface area contributed by atoms with Crippen molar-refractivity contribution >= 4 is 38.6 Å². The summed E-state index contributed by atoms with van der Waals surface area (Å²) in [6.07, 6.45) is 0. The Morgan fingerprint density at radius 1 is 0.333 bits per heavy atom. The molecule has 10 aromatic rings. The number of hydrogen-bond acceptors (Lipinski definition) is 0. The third-order valence-corrected chi connectivity index (χ3v) is 11.4. The van der Waals surface area contributed by atoms with Crippen LogP contribution in [0.3, 0.4) is 0 Å². The number of hydrogen-bond donors (Lipinski definition) is 0. The predicted molar refractivity (Wildman–Crippen MR) is 273 cm³/mol. The number of benzene rings is 8. The van der Waals surface area contributed by atoms with Crippen LogP contribution in [0.4, 0.5) is 0 Å². The van der Waals surface area contributed by atoms with Crippen LogP contribution in [0.1, 0.15) is 29.2 Å². The molecule has 0 radical (unpaired) electrons. The zero-order valence-corrected chi connectivity index (χ0v) is 40.6. The van der Waals surface area contributed by atoms with Gasteiger partial charge in [0.2, 0.25) is 0 Å². The molecule has 0 fully saturated rings. The van der Waals surface area contributed by atoms with E-state index in [4.69, 9.17) is 17.0 Å². The van der Waals surface area contributed by atoms with Gasteiger partial charge in [-0.1, -0.05) is 172 Å². The average molecular weight is 934 g/mol. The molecular weight excluding hydrogens is 883 g/mol. The molecule has 0 nitrogen and oxygen atoms in total. The van der Waals surface area contributed by atoms with E-state index in [1.165, 1.54) is 111 Å². The molecule has 0 saturated carbocycles. The predicted octanol–water partition coefficient (Wildman–Crippen LogP) is 18.6. The fraction of sp³-hybridized carbons (Fsp3) is 0.0833. The van der Waals surface area contributed by atoms with Gasteiger partial charge in [0.25, 0.3) is 0 Å². The second kappa shape index (κ2) is 21.7. The fourth-order valence-corrected chi connectivity index (χ4v) is 8.44. The summed E-state index contributed by atoms with van der Waals surface area (Å²) in [5, 5.41) is 5.39. The number of halogens is 2. The van der Waals surface area contributed by atoms with Gasteiger partial charge in [0.1, 0.15) is 0 Å². The summed E-state index contributed by atoms with van der Waals surface area (Å²) < 4.78 is 0. The Kier molecular flexibility index (Phi) is 15.7. The van der Waals surface area contributed by atoms with Crippen molar-refractivity contribution in [2.75, 3.05) is 0 Å². The van der Waals surface area contributed by atoms with Crippen LogP contribution < -0.4 is 0 Å². The van der Waals surface area contributed by atoms with Gasteiger partial charge in [-0.15, -0.1) is 68.1 Å². The summed E-state index contributed by atoms with van der Waals surface area (Å²) in [5.41, 5.74) is 20.4. The van der Waals surface area contributed by atoms with Gasteiger partial charge in [-0.2, -0.15) is 19.1 Å². The first-order valence-corrected chi connectivity index (χ1v) is 27.7. The maximum atomic E-state index is 4.93. The van der Waals surface area contributed by atoms with Crippen molar-refractivity contribution in [3.63, 3.8) is 0 Å². The van der Waals surface area contributed by atoms with E-state index in [-0.39, 0.29) is 0 Å². The Balaban J connectivity index is 0.000000172. The van der Waals surface area contributed by atoms with Crippen molar-refractivity contribution in [2.45, 2.75) is 34.6 Å². The molecule has 0 unspecified atom stereocenters. The summed E-state index contributed by atoms with van der Waals surface area (Å²) in [5.74, 6) is 0. The van der Waals surface area contributed by atoms with Crippen molar-refractivity contribution < 1.29 is 20.8 Å². The molecule has 0 heterocycles. The second-order valence-corrected chi connectivity index (χ2v) is 19.4. The average Bonchev–Trinajstić information content (AvgIpc) is 3.94. The quantitative estimate of drug-likeness (QED) is 0.146. The summed E-state index contributed by atoms with van der Waals surface area (Å²) in [4.78, 5) is 0. The monoisotopic (exact) mass is 931 g/mol. The summed E-state index contributed by atoms with van der Waals surface area (Å²) in [6, 6.07) is 74.8. The van der Waals surface area contributed by atoms with Gasteiger partial charge in [0, 0.05) is 0 Å². The van der Waals surface area contributed by atoms with Crippen molar-refractivity contribution in [1.82, 2.24) is 0 Å². The van der Waals surface area contributed by atoms with E-state index in [1.54, 1.807) is 6.92 Å². The first kappa shape index (κ1) is 45.5. The van der Waals surface area contributed by atoms with Crippen molar-refractivity contribution in [3.05, 3.63) is 235 Å². The van der Waals surface area contributed by atoms with Crippen LogP contribution in [-0.2, 0) is 20.8 Å². The van der Waals surface area contributed by atoms with Crippen molar-refractivity contribution in [1.29, 1.82) is 0 Å². The molecule has 3 heteroatoms. The zero-order valence-electron chi connectivity index (χ0n) is 36.6. The van der Waals surface area contributed by atoms with Gasteiger partial charge in [-0.05, 0) is 92.0 Å².